The molecule has 1 aromatic carbocycles. The van der Waals surface area contributed by atoms with E-state index in [-0.39, 0.29) is 6.04 Å². The largest absolute Gasteiger partial charge is 0.321 e. The first-order chi connectivity index (χ1) is 6.50. The van der Waals surface area contributed by atoms with Gasteiger partial charge in [0.25, 0.3) is 0 Å². The summed E-state index contributed by atoms with van der Waals surface area (Å²) in [6.07, 6.45) is 2.01. The van der Waals surface area contributed by atoms with Crippen LogP contribution in [-0.2, 0) is 0 Å². The number of hydrogen-bond donors (Lipinski definition) is 1. The Morgan fingerprint density at radius 1 is 1.50 bits per heavy atom. The van der Waals surface area contributed by atoms with Crippen LogP contribution in [0.15, 0.2) is 34.3 Å². The highest BCUT2D eigenvalue weighted by molar-refractivity contribution is 9.10. The van der Waals surface area contributed by atoms with Gasteiger partial charge in [0.2, 0.25) is 0 Å². The topological polar surface area (TPSA) is 26.0 Å². The van der Waals surface area contributed by atoms with E-state index < -0.39 is 0 Å². The lowest BCUT2D eigenvalue weighted by Crippen LogP contribution is -2.07. The third-order valence-corrected chi connectivity index (χ3v) is 3.07. The Hall–Kier alpha value is -0.310. The standard InChI is InChI=1S/C11H13BrClN/c1-7(2)5-11(14)8-3-4-9(12)10(13)6-8/h3-6,11H,14H2,1-2H3. The van der Waals surface area contributed by atoms with Crippen LogP contribution in [-0.4, -0.2) is 0 Å². The lowest BCUT2D eigenvalue weighted by atomic mass is 10.1. The van der Waals surface area contributed by atoms with Gasteiger partial charge in [0, 0.05) is 10.5 Å². The van der Waals surface area contributed by atoms with Crippen molar-refractivity contribution in [3.05, 3.63) is 44.9 Å². The summed E-state index contributed by atoms with van der Waals surface area (Å²) in [5, 5.41) is 0.695. The van der Waals surface area contributed by atoms with E-state index in [2.05, 4.69) is 15.9 Å². The van der Waals surface area contributed by atoms with Gasteiger partial charge >= 0.3 is 0 Å². The number of hydrogen-bond acceptors (Lipinski definition) is 1. The van der Waals surface area contributed by atoms with Crippen molar-refractivity contribution in [3.8, 4) is 0 Å². The molecule has 3 heteroatoms. The highest BCUT2D eigenvalue weighted by Crippen LogP contribution is 2.26. The van der Waals surface area contributed by atoms with E-state index in [9.17, 15) is 0 Å². The van der Waals surface area contributed by atoms with Crippen molar-refractivity contribution >= 4 is 27.5 Å². The molecule has 1 aromatic rings. The molecule has 0 aliphatic heterocycles. The molecule has 1 unspecified atom stereocenters. The summed E-state index contributed by atoms with van der Waals surface area (Å²) in [6.45, 7) is 4.06. The zero-order chi connectivity index (χ0) is 10.7. The maximum absolute atomic E-state index is 5.97. The summed E-state index contributed by atoms with van der Waals surface area (Å²) in [6, 6.07) is 5.69. The molecule has 0 amide bonds. The van der Waals surface area contributed by atoms with Crippen LogP contribution in [0.5, 0.6) is 0 Å². The van der Waals surface area contributed by atoms with Gasteiger partial charge in [-0.25, -0.2) is 0 Å². The van der Waals surface area contributed by atoms with Crippen molar-refractivity contribution < 1.29 is 0 Å². The second kappa shape index (κ2) is 4.96. The molecule has 2 N–H and O–H groups in total. The van der Waals surface area contributed by atoms with Gasteiger partial charge in [0.1, 0.15) is 0 Å². The first-order valence-electron chi connectivity index (χ1n) is 4.36. The Balaban J connectivity index is 2.97. The highest BCUT2D eigenvalue weighted by atomic mass is 79.9. The minimum absolute atomic E-state index is 0.0781. The predicted octanol–water partition coefficient (Wildman–Crippen LogP) is 4.07. The van der Waals surface area contributed by atoms with Crippen LogP contribution >= 0.6 is 27.5 Å². The van der Waals surface area contributed by atoms with Crippen LogP contribution in [0, 0.1) is 0 Å². The molecule has 0 radical (unpaired) electrons. The Labute approximate surface area is 98.1 Å². The molecule has 0 aliphatic carbocycles. The normalized spacial score (nSPS) is 12.4. The lowest BCUT2D eigenvalue weighted by molar-refractivity contribution is 0.899. The quantitative estimate of drug-likeness (QED) is 0.808. The van der Waals surface area contributed by atoms with Gasteiger partial charge in [-0.1, -0.05) is 29.3 Å². The summed E-state index contributed by atoms with van der Waals surface area (Å²) < 4.78 is 0.896. The van der Waals surface area contributed by atoms with Crippen molar-refractivity contribution in [1.29, 1.82) is 0 Å². The average Bonchev–Trinajstić information content (AvgIpc) is 2.08. The zero-order valence-electron chi connectivity index (χ0n) is 8.22. The minimum atomic E-state index is -0.0781. The fourth-order valence-electron chi connectivity index (χ4n) is 1.18. The van der Waals surface area contributed by atoms with Crippen LogP contribution in [0.4, 0.5) is 0 Å². The highest BCUT2D eigenvalue weighted by Gasteiger charge is 2.04. The lowest BCUT2D eigenvalue weighted by Gasteiger charge is -2.09. The van der Waals surface area contributed by atoms with Crippen LogP contribution < -0.4 is 5.73 Å². The first-order valence-corrected chi connectivity index (χ1v) is 5.53. The van der Waals surface area contributed by atoms with Crippen molar-refractivity contribution in [3.63, 3.8) is 0 Å². The van der Waals surface area contributed by atoms with E-state index in [0.29, 0.717) is 5.02 Å². The third kappa shape index (κ3) is 3.12. The van der Waals surface area contributed by atoms with Crippen LogP contribution in [0.2, 0.25) is 5.02 Å². The minimum Gasteiger partial charge on any atom is -0.321 e. The molecule has 0 saturated carbocycles. The smallest absolute Gasteiger partial charge is 0.0551 e. The van der Waals surface area contributed by atoms with Crippen molar-refractivity contribution in [2.45, 2.75) is 19.9 Å². The van der Waals surface area contributed by atoms with E-state index in [0.717, 1.165) is 10.0 Å². The second-order valence-corrected chi connectivity index (χ2v) is 4.70. The number of allylic oxidation sites excluding steroid dienone is 1. The summed E-state index contributed by atoms with van der Waals surface area (Å²) in [7, 11) is 0. The second-order valence-electron chi connectivity index (χ2n) is 3.44. The van der Waals surface area contributed by atoms with Gasteiger partial charge in [0.05, 0.1) is 5.02 Å². The monoisotopic (exact) mass is 273 g/mol. The average molecular weight is 275 g/mol. The summed E-state index contributed by atoms with van der Waals surface area (Å²) in [5.41, 5.74) is 8.20. The van der Waals surface area contributed by atoms with Crippen molar-refractivity contribution in [1.82, 2.24) is 0 Å². The number of benzene rings is 1. The van der Waals surface area contributed by atoms with Crippen molar-refractivity contribution in [2.24, 2.45) is 5.73 Å². The van der Waals surface area contributed by atoms with E-state index in [1.165, 1.54) is 5.57 Å². The van der Waals surface area contributed by atoms with Crippen LogP contribution in [0.3, 0.4) is 0 Å². The summed E-state index contributed by atoms with van der Waals surface area (Å²) in [4.78, 5) is 0. The van der Waals surface area contributed by atoms with Crippen molar-refractivity contribution in [2.75, 3.05) is 0 Å². The van der Waals surface area contributed by atoms with Gasteiger partial charge in [-0.2, -0.15) is 0 Å². The maximum Gasteiger partial charge on any atom is 0.0551 e. The van der Waals surface area contributed by atoms with E-state index in [4.69, 9.17) is 17.3 Å². The van der Waals surface area contributed by atoms with Gasteiger partial charge in [0.15, 0.2) is 0 Å². The summed E-state index contributed by atoms with van der Waals surface area (Å²) >= 11 is 9.31. The molecule has 76 valence electrons. The predicted molar refractivity (Wildman–Crippen MR) is 65.5 cm³/mol. The number of nitrogens with two attached hydrogens (primary N) is 1. The Morgan fingerprint density at radius 3 is 2.64 bits per heavy atom. The molecule has 0 spiro atoms. The molecular formula is C11H13BrClN. The van der Waals surface area contributed by atoms with Gasteiger partial charge in [-0.05, 0) is 47.5 Å². The Kier molecular flexibility index (Phi) is 4.17. The SMILES string of the molecule is CC(C)=CC(N)c1ccc(Br)c(Cl)c1. The Bertz CT molecular complexity index is 356. The molecule has 0 bridgehead atoms. The molecule has 0 heterocycles. The molecule has 1 rings (SSSR count). The maximum atomic E-state index is 5.97. The number of halogens is 2. The van der Waals surface area contributed by atoms with Crippen LogP contribution in [0.1, 0.15) is 25.5 Å². The van der Waals surface area contributed by atoms with Gasteiger partial charge < -0.3 is 5.73 Å². The molecule has 0 aromatic heterocycles. The number of rotatable bonds is 2. The molecule has 1 atom stereocenters. The molecule has 0 saturated heterocycles. The molecule has 1 nitrogen and oxygen atoms in total. The summed E-state index contributed by atoms with van der Waals surface area (Å²) in [5.74, 6) is 0. The van der Waals surface area contributed by atoms with Gasteiger partial charge in [-0.15, -0.1) is 0 Å². The third-order valence-electron chi connectivity index (χ3n) is 1.84. The van der Waals surface area contributed by atoms with Crippen LogP contribution in [0.25, 0.3) is 0 Å². The molecule has 14 heavy (non-hydrogen) atoms. The Morgan fingerprint density at radius 2 is 2.14 bits per heavy atom. The zero-order valence-corrected chi connectivity index (χ0v) is 10.6. The van der Waals surface area contributed by atoms with E-state index in [1.54, 1.807) is 0 Å². The van der Waals surface area contributed by atoms with E-state index in [1.807, 2.05) is 38.1 Å². The first kappa shape index (κ1) is 11.8. The molecule has 0 aliphatic rings. The fraction of sp³-hybridized carbons (Fsp3) is 0.273. The molecular weight excluding hydrogens is 261 g/mol. The van der Waals surface area contributed by atoms with E-state index >= 15 is 0 Å². The fourth-order valence-corrected chi connectivity index (χ4v) is 1.61. The van der Waals surface area contributed by atoms with Gasteiger partial charge in [-0.3, -0.25) is 0 Å². The molecule has 0 fully saturated rings.